The highest BCUT2D eigenvalue weighted by atomic mass is 32.2. The summed E-state index contributed by atoms with van der Waals surface area (Å²) in [5, 5.41) is 12.4. The number of esters is 1. The van der Waals surface area contributed by atoms with Crippen LogP contribution in [0.4, 0.5) is 0 Å². The number of hydrogen-bond donors (Lipinski definition) is 2. The van der Waals surface area contributed by atoms with Gasteiger partial charge in [0.15, 0.2) is 5.76 Å². The Kier molecular flexibility index (Phi) is 10.4. The number of ether oxygens (including phenoxy) is 4. The summed E-state index contributed by atoms with van der Waals surface area (Å²) in [5.41, 5.74) is 1.26. The van der Waals surface area contributed by atoms with Crippen LogP contribution in [-0.2, 0) is 29.0 Å². The van der Waals surface area contributed by atoms with Crippen molar-refractivity contribution < 1.29 is 42.1 Å². The van der Waals surface area contributed by atoms with Crippen molar-refractivity contribution in [1.29, 1.82) is 0 Å². The van der Waals surface area contributed by atoms with Gasteiger partial charge in [-0.3, -0.25) is 4.79 Å². The summed E-state index contributed by atoms with van der Waals surface area (Å²) >= 11 is 0. The van der Waals surface area contributed by atoms with E-state index < -0.39 is 22.3 Å². The molecule has 0 aromatic heterocycles. The lowest BCUT2D eigenvalue weighted by Gasteiger charge is -2.30. The minimum absolute atomic E-state index is 0.0367. The van der Waals surface area contributed by atoms with E-state index in [0.717, 1.165) is 22.7 Å². The number of aliphatic hydroxyl groups is 1. The smallest absolute Gasteiger partial charge is 0.337 e. The molecule has 0 saturated heterocycles. The molecule has 0 spiro atoms. The van der Waals surface area contributed by atoms with Crippen LogP contribution in [0.15, 0.2) is 65.3 Å². The second-order valence-electron chi connectivity index (χ2n) is 9.86. The van der Waals surface area contributed by atoms with Gasteiger partial charge in [-0.25, -0.2) is 13.2 Å². The number of nitrogens with one attached hydrogen (secondary N) is 1. The van der Waals surface area contributed by atoms with E-state index in [2.05, 4.69) is 5.32 Å². The molecule has 222 valence electrons. The van der Waals surface area contributed by atoms with Gasteiger partial charge in [0.25, 0.3) is 5.91 Å². The quantitative estimate of drug-likeness (QED) is 0.318. The molecule has 0 bridgehead atoms. The van der Waals surface area contributed by atoms with Crippen LogP contribution in [0.3, 0.4) is 0 Å². The molecule has 1 fully saturated rings. The number of sulfonamides is 1. The fraction of sp³-hybridized carbons (Fsp3) is 0.448. The average Bonchev–Trinajstić information content (AvgIpc) is 3.83. The van der Waals surface area contributed by atoms with E-state index >= 15 is 0 Å². The lowest BCUT2D eigenvalue weighted by molar-refractivity contribution is -0.146. The van der Waals surface area contributed by atoms with Gasteiger partial charge in [0.05, 0.1) is 37.9 Å². The number of rotatable bonds is 14. The van der Waals surface area contributed by atoms with Gasteiger partial charge in [-0.05, 0) is 66.8 Å². The molecule has 2 aromatic carbocycles. The Morgan fingerprint density at radius 2 is 1.76 bits per heavy atom. The molecule has 2 aliphatic rings. The number of benzene rings is 2. The number of nitrogens with zero attached hydrogens (tertiary/aromatic N) is 1. The van der Waals surface area contributed by atoms with Crippen molar-refractivity contribution >= 4 is 21.9 Å². The number of carbonyl (C=O) groups is 2. The van der Waals surface area contributed by atoms with Crippen LogP contribution in [-0.4, -0.2) is 83.1 Å². The van der Waals surface area contributed by atoms with Crippen LogP contribution >= 0.6 is 0 Å². The van der Waals surface area contributed by atoms with Gasteiger partial charge in [0.2, 0.25) is 16.3 Å². The normalized spacial score (nSPS) is 18.8. The molecule has 1 amide bonds. The van der Waals surface area contributed by atoms with Gasteiger partial charge >= 0.3 is 5.97 Å². The van der Waals surface area contributed by atoms with E-state index in [0.29, 0.717) is 30.2 Å². The Morgan fingerprint density at radius 1 is 1.05 bits per heavy atom. The Labute approximate surface area is 240 Å². The molecule has 12 heteroatoms. The minimum atomic E-state index is -3.91. The number of allylic oxidation sites excluding steroid dienone is 1. The van der Waals surface area contributed by atoms with E-state index in [1.807, 2.05) is 0 Å². The third-order valence-electron chi connectivity index (χ3n) is 6.98. The summed E-state index contributed by atoms with van der Waals surface area (Å²) in [6, 6.07) is 12.9. The first kappa shape index (κ1) is 30.5. The van der Waals surface area contributed by atoms with Crippen LogP contribution in [0.5, 0.6) is 5.75 Å². The maximum absolute atomic E-state index is 13.2. The summed E-state index contributed by atoms with van der Waals surface area (Å²) in [5.74, 6) is 0.0977. The minimum Gasteiger partial charge on any atom is -0.497 e. The first-order valence-corrected chi connectivity index (χ1v) is 14.9. The van der Waals surface area contributed by atoms with Crippen molar-refractivity contribution in [3.05, 3.63) is 71.5 Å². The molecule has 2 unspecified atom stereocenters. The first-order chi connectivity index (χ1) is 19.7. The van der Waals surface area contributed by atoms with Gasteiger partial charge < -0.3 is 29.4 Å². The maximum Gasteiger partial charge on any atom is 0.337 e. The van der Waals surface area contributed by atoms with Crippen LogP contribution in [0, 0.1) is 5.92 Å². The van der Waals surface area contributed by atoms with Crippen LogP contribution in [0.25, 0.3) is 0 Å². The number of methoxy groups -OCH3 is 2. The summed E-state index contributed by atoms with van der Waals surface area (Å²) < 4.78 is 49.3. The third kappa shape index (κ3) is 8.07. The second kappa shape index (κ2) is 13.9. The Balaban J connectivity index is 1.45. The lowest BCUT2D eigenvalue weighted by atomic mass is 9.92. The van der Waals surface area contributed by atoms with Gasteiger partial charge in [-0.15, -0.1) is 0 Å². The summed E-state index contributed by atoms with van der Waals surface area (Å²) in [6.45, 7) is 0.00819. The van der Waals surface area contributed by atoms with Gasteiger partial charge in [0, 0.05) is 32.0 Å². The Morgan fingerprint density at radius 3 is 2.37 bits per heavy atom. The van der Waals surface area contributed by atoms with Crippen molar-refractivity contribution in [3.63, 3.8) is 0 Å². The Hall–Kier alpha value is -3.45. The molecule has 1 aliphatic heterocycles. The lowest BCUT2D eigenvalue weighted by Crippen LogP contribution is -2.38. The monoisotopic (exact) mass is 588 g/mol. The summed E-state index contributed by atoms with van der Waals surface area (Å²) in [6.07, 6.45) is 3.45. The molecule has 1 aliphatic carbocycles. The first-order valence-electron chi connectivity index (χ1n) is 13.5. The highest BCUT2D eigenvalue weighted by Crippen LogP contribution is 2.32. The van der Waals surface area contributed by atoms with Crippen LogP contribution in [0.2, 0.25) is 0 Å². The molecule has 2 atom stereocenters. The zero-order valence-electron chi connectivity index (χ0n) is 23.2. The molecule has 0 radical (unpaired) electrons. The fourth-order valence-corrected chi connectivity index (χ4v) is 5.84. The topological polar surface area (TPSA) is 141 Å². The highest BCUT2D eigenvalue weighted by molar-refractivity contribution is 7.89. The highest BCUT2D eigenvalue weighted by Gasteiger charge is 2.31. The molecule has 1 saturated carbocycles. The molecule has 4 rings (SSSR count). The second-order valence-corrected chi connectivity index (χ2v) is 11.8. The standard InChI is InChI=1S/C29H36N2O9S/c1-37-24-9-11-25(12-10-24)41(35,36)31(13-15-32)14-16-39-27-18-23(21-5-7-22(8-6-21)29(34)38-2)17-26(40-27)28(33)30-19-20-3-4-20/h5-12,17,20,23,27,32H,3-4,13-16,18-19H2,1-2H3,(H,30,33). The van der Waals surface area contributed by atoms with Crippen molar-refractivity contribution in [3.8, 4) is 5.75 Å². The van der Waals surface area contributed by atoms with Gasteiger partial charge in [-0.2, -0.15) is 4.31 Å². The maximum atomic E-state index is 13.2. The number of hydrogen-bond acceptors (Lipinski definition) is 9. The number of aliphatic hydroxyl groups excluding tert-OH is 1. The van der Waals surface area contributed by atoms with Crippen LogP contribution in [0.1, 0.15) is 41.1 Å². The van der Waals surface area contributed by atoms with E-state index in [4.69, 9.17) is 18.9 Å². The van der Waals surface area contributed by atoms with Crippen molar-refractivity contribution in [2.75, 3.05) is 47.1 Å². The third-order valence-corrected chi connectivity index (χ3v) is 8.89. The van der Waals surface area contributed by atoms with Gasteiger partial charge in [-0.1, -0.05) is 12.1 Å². The van der Waals surface area contributed by atoms with Crippen LogP contribution < -0.4 is 10.1 Å². The predicted octanol–water partition coefficient (Wildman–Crippen LogP) is 2.42. The largest absolute Gasteiger partial charge is 0.497 e. The summed E-state index contributed by atoms with van der Waals surface area (Å²) in [4.78, 5) is 24.8. The zero-order chi connectivity index (χ0) is 29.4. The average molecular weight is 589 g/mol. The molecule has 1 heterocycles. The number of amides is 1. The van der Waals surface area contributed by atoms with E-state index in [9.17, 15) is 23.1 Å². The van der Waals surface area contributed by atoms with Crippen molar-refractivity contribution in [2.45, 2.75) is 36.4 Å². The SMILES string of the molecule is COC(=O)c1ccc(C2C=C(C(=O)NCC3CC3)OC(OCCN(CCO)S(=O)(=O)c3ccc(OC)cc3)C2)cc1. The molecule has 41 heavy (non-hydrogen) atoms. The van der Waals surface area contributed by atoms with E-state index in [1.165, 1.54) is 26.4 Å². The van der Waals surface area contributed by atoms with Gasteiger partial charge in [0.1, 0.15) is 5.75 Å². The number of carbonyl (C=O) groups excluding carboxylic acids is 2. The molecule has 2 N–H and O–H groups in total. The molecular formula is C29H36N2O9S. The molecular weight excluding hydrogens is 552 g/mol. The van der Waals surface area contributed by atoms with E-state index in [-0.39, 0.29) is 48.8 Å². The van der Waals surface area contributed by atoms with E-state index in [1.54, 1.807) is 42.5 Å². The summed E-state index contributed by atoms with van der Waals surface area (Å²) in [7, 11) is -1.10. The fourth-order valence-electron chi connectivity index (χ4n) is 4.43. The Bertz CT molecular complexity index is 1320. The van der Waals surface area contributed by atoms with Crippen molar-refractivity contribution in [2.24, 2.45) is 5.92 Å². The zero-order valence-corrected chi connectivity index (χ0v) is 24.0. The molecule has 2 aromatic rings. The van der Waals surface area contributed by atoms with Crippen molar-refractivity contribution in [1.82, 2.24) is 9.62 Å². The molecule has 11 nitrogen and oxygen atoms in total. The predicted molar refractivity (Wildman–Crippen MR) is 149 cm³/mol.